The number of likely N-dealkylation sites (N-methyl/N-ethyl adjacent to an activating group) is 2. The molecule has 12 heavy (non-hydrogen) atoms. The number of rotatable bonds is 1. The zero-order valence-electron chi connectivity index (χ0n) is 7.54. The van der Waals surface area contributed by atoms with E-state index in [0.717, 1.165) is 19.4 Å². The third-order valence-electron chi connectivity index (χ3n) is 2.16. The fourth-order valence-corrected chi connectivity index (χ4v) is 1.38. The van der Waals surface area contributed by atoms with Crippen LogP contribution in [-0.2, 0) is 25.9 Å². The first-order valence-electron chi connectivity index (χ1n) is 3.99. The van der Waals surface area contributed by atoms with Gasteiger partial charge in [0.2, 0.25) is 5.91 Å². The van der Waals surface area contributed by atoms with E-state index in [4.69, 9.17) is 0 Å². The van der Waals surface area contributed by atoms with Gasteiger partial charge in [0.15, 0.2) is 0 Å². The summed E-state index contributed by atoms with van der Waals surface area (Å²) in [5.74, 6) is 0.128. The molecule has 1 aliphatic rings. The summed E-state index contributed by atoms with van der Waals surface area (Å²) in [5, 5.41) is 2.66. The van der Waals surface area contributed by atoms with Crippen LogP contribution in [0.2, 0.25) is 0 Å². The first-order valence-corrected chi connectivity index (χ1v) is 3.99. The van der Waals surface area contributed by atoms with Crippen molar-refractivity contribution in [3.05, 3.63) is 6.42 Å². The number of nitrogens with zero attached hydrogens (tertiary/aromatic N) is 1. The third kappa shape index (κ3) is 2.87. The SMILES string of the molecule is CNC(=O)C1C[CH-]CCN1C.[W+2]. The van der Waals surface area contributed by atoms with Gasteiger partial charge in [-0.15, -0.1) is 0 Å². The minimum absolute atomic E-state index is 0. The number of hydrogen-bond donors (Lipinski definition) is 1. The fourth-order valence-electron chi connectivity index (χ4n) is 1.38. The van der Waals surface area contributed by atoms with Gasteiger partial charge in [-0.1, -0.05) is 0 Å². The maximum atomic E-state index is 11.2. The van der Waals surface area contributed by atoms with E-state index in [9.17, 15) is 4.79 Å². The second kappa shape index (κ2) is 5.71. The average molecular weight is 339 g/mol. The number of hydrogen-bond acceptors (Lipinski definition) is 2. The number of piperidine rings is 1. The molecule has 3 nitrogen and oxygen atoms in total. The summed E-state index contributed by atoms with van der Waals surface area (Å²) >= 11 is 0. The normalized spacial score (nSPS) is 24.3. The Morgan fingerprint density at radius 2 is 2.33 bits per heavy atom. The molecule has 68 valence electrons. The van der Waals surface area contributed by atoms with E-state index in [0.29, 0.717) is 0 Å². The molecule has 1 N–H and O–H groups in total. The first kappa shape index (κ1) is 12.1. The summed E-state index contributed by atoms with van der Waals surface area (Å²) in [6, 6.07) is 0.0637. The molecule has 1 aliphatic heterocycles. The van der Waals surface area contributed by atoms with Crippen molar-refractivity contribution in [1.82, 2.24) is 10.2 Å². The van der Waals surface area contributed by atoms with E-state index >= 15 is 0 Å². The Labute approximate surface area is 88.1 Å². The number of carbonyl (C=O) groups excluding carboxylic acids is 1. The fraction of sp³-hybridized carbons (Fsp3) is 0.750. The minimum atomic E-state index is 0. The average Bonchev–Trinajstić information content (AvgIpc) is 2.04. The molecule has 1 amide bonds. The van der Waals surface area contributed by atoms with Gasteiger partial charge in [-0.25, -0.2) is 0 Å². The summed E-state index contributed by atoms with van der Waals surface area (Å²) in [6.45, 7) is 0.998. The van der Waals surface area contributed by atoms with Crippen LogP contribution in [0.15, 0.2) is 0 Å². The molecule has 0 spiro atoms. The van der Waals surface area contributed by atoms with Crippen molar-refractivity contribution in [1.29, 1.82) is 0 Å². The maximum absolute atomic E-state index is 11.2. The van der Waals surface area contributed by atoms with E-state index in [-0.39, 0.29) is 33.0 Å². The van der Waals surface area contributed by atoms with Crippen LogP contribution >= 0.6 is 0 Å². The van der Waals surface area contributed by atoms with Crippen molar-refractivity contribution in [2.75, 3.05) is 20.6 Å². The van der Waals surface area contributed by atoms with Crippen molar-refractivity contribution in [2.45, 2.75) is 18.9 Å². The van der Waals surface area contributed by atoms with E-state index < -0.39 is 0 Å². The van der Waals surface area contributed by atoms with Crippen LogP contribution < -0.4 is 5.32 Å². The van der Waals surface area contributed by atoms with Crippen LogP contribution in [0.5, 0.6) is 0 Å². The Bertz CT molecular complexity index is 152. The summed E-state index contributed by atoms with van der Waals surface area (Å²) in [4.78, 5) is 13.3. The van der Waals surface area contributed by atoms with Gasteiger partial charge in [0, 0.05) is 7.05 Å². The summed E-state index contributed by atoms with van der Waals surface area (Å²) in [7, 11) is 3.68. The molecule has 1 saturated heterocycles. The Morgan fingerprint density at radius 1 is 1.67 bits per heavy atom. The van der Waals surface area contributed by atoms with Gasteiger partial charge in [0.05, 0.1) is 6.04 Å². The van der Waals surface area contributed by atoms with E-state index in [1.54, 1.807) is 7.05 Å². The quantitative estimate of drug-likeness (QED) is 0.684. The van der Waals surface area contributed by atoms with Gasteiger partial charge in [0.1, 0.15) is 0 Å². The zero-order chi connectivity index (χ0) is 8.27. The third-order valence-corrected chi connectivity index (χ3v) is 2.16. The zero-order valence-corrected chi connectivity index (χ0v) is 10.5. The number of carbonyl (C=O) groups is 1. The second-order valence-corrected chi connectivity index (χ2v) is 2.92. The Balaban J connectivity index is 0.00000121. The van der Waals surface area contributed by atoms with Crippen LogP contribution in [0.4, 0.5) is 0 Å². The maximum Gasteiger partial charge on any atom is 2.00 e. The molecule has 0 aromatic carbocycles. The molecule has 1 atom stereocenters. The summed E-state index contributed by atoms with van der Waals surface area (Å²) in [6.07, 6.45) is 4.17. The predicted octanol–water partition coefficient (Wildman–Crippen LogP) is 0.0284. The molecule has 0 aliphatic carbocycles. The molecular formula is C8H15N2OW+. The van der Waals surface area contributed by atoms with Gasteiger partial charge in [-0.05, 0) is 13.6 Å². The van der Waals surface area contributed by atoms with Gasteiger partial charge in [-0.3, -0.25) is 9.69 Å². The minimum Gasteiger partial charge on any atom is -0.358 e. The molecule has 1 fully saturated rings. The molecule has 0 aromatic heterocycles. The largest absolute Gasteiger partial charge is 2.00 e. The molecule has 1 heterocycles. The molecule has 0 saturated carbocycles. The molecule has 0 bridgehead atoms. The molecule has 1 unspecified atom stereocenters. The standard InChI is InChI=1S/C8H15N2O.W/c1-9-8(11)7-5-3-4-6-10(7)2;/h3,7H,4-6H2,1-2H3,(H,9,11);/q-1;+2. The van der Waals surface area contributed by atoms with E-state index in [1.165, 1.54) is 0 Å². The monoisotopic (exact) mass is 339 g/mol. The Morgan fingerprint density at radius 3 is 2.83 bits per heavy atom. The van der Waals surface area contributed by atoms with Crippen molar-refractivity contribution in [2.24, 2.45) is 0 Å². The van der Waals surface area contributed by atoms with Crippen molar-refractivity contribution >= 4 is 5.91 Å². The molecule has 1 rings (SSSR count). The Hall–Kier alpha value is 0.118. The molecular weight excluding hydrogens is 324 g/mol. The molecule has 0 radical (unpaired) electrons. The van der Waals surface area contributed by atoms with Crippen molar-refractivity contribution in [3.63, 3.8) is 0 Å². The first-order chi connectivity index (χ1) is 5.25. The van der Waals surface area contributed by atoms with Gasteiger partial charge in [0.25, 0.3) is 0 Å². The van der Waals surface area contributed by atoms with Gasteiger partial charge < -0.3 is 11.7 Å². The summed E-state index contributed by atoms with van der Waals surface area (Å²) < 4.78 is 0. The van der Waals surface area contributed by atoms with Crippen molar-refractivity contribution < 1.29 is 25.9 Å². The van der Waals surface area contributed by atoms with Crippen molar-refractivity contribution in [3.8, 4) is 0 Å². The van der Waals surface area contributed by atoms with E-state index in [2.05, 4.69) is 16.6 Å². The van der Waals surface area contributed by atoms with Crippen LogP contribution in [0.3, 0.4) is 0 Å². The molecule has 0 aromatic rings. The number of nitrogens with one attached hydrogen (secondary N) is 1. The van der Waals surface area contributed by atoms with Gasteiger partial charge >= 0.3 is 21.1 Å². The van der Waals surface area contributed by atoms with Crippen LogP contribution in [0.1, 0.15) is 12.8 Å². The number of likely N-dealkylation sites (tertiary alicyclic amines) is 1. The molecule has 4 heteroatoms. The second-order valence-electron chi connectivity index (χ2n) is 2.92. The Kier molecular flexibility index (Phi) is 5.77. The predicted molar refractivity (Wildman–Crippen MR) is 44.0 cm³/mol. The van der Waals surface area contributed by atoms with Gasteiger partial charge in [-0.2, -0.15) is 12.8 Å². The number of amides is 1. The smallest absolute Gasteiger partial charge is 0.358 e. The van der Waals surface area contributed by atoms with Crippen LogP contribution in [0.25, 0.3) is 0 Å². The van der Waals surface area contributed by atoms with Crippen LogP contribution in [-0.4, -0.2) is 37.5 Å². The van der Waals surface area contributed by atoms with Crippen LogP contribution in [0, 0.1) is 6.42 Å². The summed E-state index contributed by atoms with van der Waals surface area (Å²) in [5.41, 5.74) is 0. The topological polar surface area (TPSA) is 32.3 Å². The van der Waals surface area contributed by atoms with E-state index in [1.807, 2.05) is 7.05 Å².